The van der Waals surface area contributed by atoms with Gasteiger partial charge < -0.3 is 14.2 Å². The first kappa shape index (κ1) is 16.3. The fourth-order valence-electron chi connectivity index (χ4n) is 2.23. The summed E-state index contributed by atoms with van der Waals surface area (Å²) in [5.41, 5.74) is 0.465. The van der Waals surface area contributed by atoms with Gasteiger partial charge in [0.25, 0.3) is 0 Å². The van der Waals surface area contributed by atoms with Gasteiger partial charge in [0.15, 0.2) is 33.7 Å². The summed E-state index contributed by atoms with van der Waals surface area (Å²) in [5, 5.41) is 0. The van der Waals surface area contributed by atoms with Gasteiger partial charge in [0.1, 0.15) is 19.0 Å². The molecule has 0 unspecified atom stereocenters. The maximum atomic E-state index is 12.2. The average molecular weight is 348 g/mol. The molecule has 0 saturated heterocycles. The van der Waals surface area contributed by atoms with Crippen molar-refractivity contribution < 1.29 is 27.4 Å². The van der Waals surface area contributed by atoms with Crippen LogP contribution in [-0.2, 0) is 9.84 Å². The number of carbonyl (C=O) groups is 1. The Balaban J connectivity index is 1.65. The molecule has 126 valence electrons. The third kappa shape index (κ3) is 3.68. The molecule has 3 rings (SSSR count). The quantitative estimate of drug-likeness (QED) is 0.770. The van der Waals surface area contributed by atoms with Gasteiger partial charge in [0.05, 0.1) is 4.90 Å². The molecule has 1 aliphatic heterocycles. The van der Waals surface area contributed by atoms with E-state index in [1.807, 2.05) is 0 Å². The highest BCUT2D eigenvalue weighted by Crippen LogP contribution is 2.30. The summed E-state index contributed by atoms with van der Waals surface area (Å²) in [6.07, 6.45) is 1.13. The van der Waals surface area contributed by atoms with Gasteiger partial charge in [-0.15, -0.1) is 0 Å². The Morgan fingerprint density at radius 3 is 2.38 bits per heavy atom. The summed E-state index contributed by atoms with van der Waals surface area (Å²) < 4.78 is 39.1. The number of sulfone groups is 1. The summed E-state index contributed by atoms with van der Waals surface area (Å²) in [6, 6.07) is 10.9. The first-order chi connectivity index (χ1) is 11.4. The van der Waals surface area contributed by atoms with Gasteiger partial charge in [-0.05, 0) is 42.5 Å². The molecular weight excluding hydrogens is 332 g/mol. The average Bonchev–Trinajstić information content (AvgIpc) is 2.59. The fourth-order valence-corrected chi connectivity index (χ4v) is 2.86. The summed E-state index contributed by atoms with van der Waals surface area (Å²) in [7, 11) is -3.25. The Hall–Kier alpha value is -2.54. The minimum atomic E-state index is -3.25. The lowest BCUT2D eigenvalue weighted by Gasteiger charge is -2.18. The molecule has 0 atom stereocenters. The van der Waals surface area contributed by atoms with Gasteiger partial charge in [0, 0.05) is 11.8 Å². The standard InChI is InChI=1S/C17H16O6S/c1-24(19,20)14-5-3-13(4-6-14)23-11-15(18)12-2-7-16-17(10-12)22-9-8-21-16/h2-7,10H,8-9,11H2,1H3. The van der Waals surface area contributed by atoms with Crippen LogP contribution in [0.3, 0.4) is 0 Å². The van der Waals surface area contributed by atoms with E-state index in [2.05, 4.69) is 0 Å². The summed E-state index contributed by atoms with van der Waals surface area (Å²) in [6.45, 7) is 0.790. The third-order valence-electron chi connectivity index (χ3n) is 3.49. The first-order valence-electron chi connectivity index (χ1n) is 7.29. The summed E-state index contributed by atoms with van der Waals surface area (Å²) >= 11 is 0. The number of fused-ring (bicyclic) bond motifs is 1. The molecule has 0 aliphatic carbocycles. The Morgan fingerprint density at radius 1 is 1.04 bits per heavy atom. The molecule has 0 spiro atoms. The van der Waals surface area contributed by atoms with Gasteiger partial charge in [-0.2, -0.15) is 0 Å². The van der Waals surface area contributed by atoms with Crippen LogP contribution >= 0.6 is 0 Å². The molecule has 2 aromatic carbocycles. The third-order valence-corrected chi connectivity index (χ3v) is 4.61. The summed E-state index contributed by atoms with van der Waals surface area (Å²) in [4.78, 5) is 12.4. The van der Waals surface area contributed by atoms with E-state index in [4.69, 9.17) is 14.2 Å². The molecule has 0 amide bonds. The molecule has 0 bridgehead atoms. The zero-order chi connectivity index (χ0) is 17.2. The second-order valence-electron chi connectivity index (χ2n) is 5.31. The van der Waals surface area contributed by atoms with E-state index >= 15 is 0 Å². The number of ether oxygens (including phenoxy) is 3. The fraction of sp³-hybridized carbons (Fsp3) is 0.235. The Labute approximate surface area is 139 Å². The van der Waals surface area contributed by atoms with E-state index in [0.29, 0.717) is 36.0 Å². The molecule has 0 N–H and O–H groups in total. The number of rotatable bonds is 5. The Bertz CT molecular complexity index is 855. The van der Waals surface area contributed by atoms with Crippen LogP contribution in [0.5, 0.6) is 17.2 Å². The van der Waals surface area contributed by atoms with Crippen molar-refractivity contribution in [1.29, 1.82) is 0 Å². The highest BCUT2D eigenvalue weighted by atomic mass is 32.2. The van der Waals surface area contributed by atoms with E-state index in [1.165, 1.54) is 24.3 Å². The molecule has 0 fully saturated rings. The highest BCUT2D eigenvalue weighted by Gasteiger charge is 2.15. The van der Waals surface area contributed by atoms with Gasteiger partial charge in [-0.3, -0.25) is 4.79 Å². The van der Waals surface area contributed by atoms with Crippen LogP contribution < -0.4 is 14.2 Å². The van der Waals surface area contributed by atoms with Gasteiger partial charge >= 0.3 is 0 Å². The van der Waals surface area contributed by atoms with Crippen molar-refractivity contribution in [2.24, 2.45) is 0 Å². The van der Waals surface area contributed by atoms with Crippen molar-refractivity contribution in [3.8, 4) is 17.2 Å². The maximum Gasteiger partial charge on any atom is 0.200 e. The number of benzene rings is 2. The lowest BCUT2D eigenvalue weighted by Crippen LogP contribution is -2.17. The lowest BCUT2D eigenvalue weighted by atomic mass is 10.1. The first-order valence-corrected chi connectivity index (χ1v) is 9.18. The number of carbonyl (C=O) groups excluding carboxylic acids is 1. The highest BCUT2D eigenvalue weighted by molar-refractivity contribution is 7.90. The van der Waals surface area contributed by atoms with Crippen LogP contribution in [0.2, 0.25) is 0 Å². The van der Waals surface area contributed by atoms with Crippen molar-refractivity contribution in [3.05, 3.63) is 48.0 Å². The van der Waals surface area contributed by atoms with E-state index in [9.17, 15) is 13.2 Å². The number of ketones is 1. The van der Waals surface area contributed by atoms with Crippen molar-refractivity contribution in [2.45, 2.75) is 4.90 Å². The molecule has 1 heterocycles. The molecule has 0 radical (unpaired) electrons. The second kappa shape index (κ2) is 6.52. The van der Waals surface area contributed by atoms with Gasteiger partial charge in [0.2, 0.25) is 0 Å². The monoisotopic (exact) mass is 348 g/mol. The lowest BCUT2D eigenvalue weighted by molar-refractivity contribution is 0.0920. The molecule has 2 aromatic rings. The largest absolute Gasteiger partial charge is 0.486 e. The van der Waals surface area contributed by atoms with Crippen molar-refractivity contribution in [2.75, 3.05) is 26.1 Å². The molecular formula is C17H16O6S. The van der Waals surface area contributed by atoms with Crippen molar-refractivity contribution in [1.82, 2.24) is 0 Å². The minimum absolute atomic E-state index is 0.155. The molecule has 1 aliphatic rings. The number of hydrogen-bond acceptors (Lipinski definition) is 6. The summed E-state index contributed by atoms with van der Waals surface area (Å²) in [5.74, 6) is 1.38. The Kier molecular flexibility index (Phi) is 4.44. The predicted molar refractivity (Wildman–Crippen MR) is 86.8 cm³/mol. The van der Waals surface area contributed by atoms with Crippen LogP contribution in [0.25, 0.3) is 0 Å². The topological polar surface area (TPSA) is 78.9 Å². The van der Waals surface area contributed by atoms with Crippen molar-refractivity contribution >= 4 is 15.6 Å². The van der Waals surface area contributed by atoms with E-state index < -0.39 is 9.84 Å². The normalized spacial score (nSPS) is 13.4. The van der Waals surface area contributed by atoms with Crippen LogP contribution in [-0.4, -0.2) is 40.3 Å². The smallest absolute Gasteiger partial charge is 0.200 e. The van der Waals surface area contributed by atoms with Crippen LogP contribution in [0.15, 0.2) is 47.4 Å². The van der Waals surface area contributed by atoms with Crippen LogP contribution in [0.4, 0.5) is 0 Å². The van der Waals surface area contributed by atoms with Crippen LogP contribution in [0, 0.1) is 0 Å². The zero-order valence-electron chi connectivity index (χ0n) is 13.0. The zero-order valence-corrected chi connectivity index (χ0v) is 13.8. The Morgan fingerprint density at radius 2 is 1.71 bits per heavy atom. The molecule has 0 saturated carbocycles. The SMILES string of the molecule is CS(=O)(=O)c1ccc(OCC(=O)c2ccc3c(c2)OCCO3)cc1. The van der Waals surface area contributed by atoms with Crippen LogP contribution in [0.1, 0.15) is 10.4 Å². The van der Waals surface area contributed by atoms with E-state index in [-0.39, 0.29) is 17.3 Å². The molecule has 24 heavy (non-hydrogen) atoms. The van der Waals surface area contributed by atoms with Gasteiger partial charge in [-0.25, -0.2) is 8.42 Å². The maximum absolute atomic E-state index is 12.2. The molecule has 7 heteroatoms. The molecule has 0 aromatic heterocycles. The van der Waals surface area contributed by atoms with E-state index in [1.54, 1.807) is 18.2 Å². The minimum Gasteiger partial charge on any atom is -0.486 e. The predicted octanol–water partition coefficient (Wildman–Crippen LogP) is 2.12. The van der Waals surface area contributed by atoms with E-state index in [0.717, 1.165) is 6.26 Å². The number of hydrogen-bond donors (Lipinski definition) is 0. The van der Waals surface area contributed by atoms with Gasteiger partial charge in [-0.1, -0.05) is 0 Å². The molecule has 6 nitrogen and oxygen atoms in total. The van der Waals surface area contributed by atoms with Crippen molar-refractivity contribution in [3.63, 3.8) is 0 Å². The number of Topliss-reactive ketones (excluding diaryl/α,β-unsaturated/α-hetero) is 1. The second-order valence-corrected chi connectivity index (χ2v) is 7.33.